The Morgan fingerprint density at radius 1 is 1.29 bits per heavy atom. The van der Waals surface area contributed by atoms with Crippen LogP contribution in [0.3, 0.4) is 0 Å². The topological polar surface area (TPSA) is 61.8 Å². The summed E-state index contributed by atoms with van der Waals surface area (Å²) in [5.74, 6) is 0.458. The van der Waals surface area contributed by atoms with Gasteiger partial charge in [-0.25, -0.2) is 9.18 Å². The molecule has 0 radical (unpaired) electrons. The largest absolute Gasteiger partial charge is 0.455 e. The molecule has 2 amide bonds. The molecular weight excluding hydrogens is 311 g/mol. The lowest BCUT2D eigenvalue weighted by molar-refractivity contribution is 0.167. The highest BCUT2D eigenvalue weighted by atomic mass is 19.1. The van der Waals surface area contributed by atoms with E-state index in [9.17, 15) is 14.3 Å². The summed E-state index contributed by atoms with van der Waals surface area (Å²) in [6.45, 7) is 2.04. The van der Waals surface area contributed by atoms with E-state index in [1.54, 1.807) is 26.1 Å². The number of urea groups is 1. The minimum atomic E-state index is -0.494. The standard InChI is InChI=1S/C18H21FN2O3/c1-13(22)10-11-21(2)18(23)20-16-12-14(19)8-9-17(16)24-15-6-4-3-5-7-15/h3-9,12-13,22H,10-11H2,1-2H3,(H,20,23). The zero-order chi connectivity index (χ0) is 17.5. The number of benzene rings is 2. The van der Waals surface area contributed by atoms with Crippen LogP contribution in [0.25, 0.3) is 0 Å². The molecule has 0 aliphatic carbocycles. The molecule has 0 heterocycles. The Kier molecular flexibility index (Phi) is 6.14. The van der Waals surface area contributed by atoms with Gasteiger partial charge in [-0.2, -0.15) is 0 Å². The maximum absolute atomic E-state index is 13.5. The number of carbonyl (C=O) groups is 1. The van der Waals surface area contributed by atoms with Crippen molar-refractivity contribution in [1.82, 2.24) is 4.90 Å². The Balaban J connectivity index is 2.11. The van der Waals surface area contributed by atoms with E-state index in [4.69, 9.17) is 4.74 Å². The molecule has 0 aliphatic heterocycles. The van der Waals surface area contributed by atoms with Crippen LogP contribution >= 0.6 is 0 Å². The van der Waals surface area contributed by atoms with Crippen molar-refractivity contribution in [2.45, 2.75) is 19.4 Å². The second-order valence-electron chi connectivity index (χ2n) is 5.55. The molecule has 0 fully saturated rings. The van der Waals surface area contributed by atoms with Crippen LogP contribution in [0, 0.1) is 5.82 Å². The van der Waals surface area contributed by atoms with Gasteiger partial charge in [0.1, 0.15) is 11.6 Å². The first-order valence-electron chi connectivity index (χ1n) is 7.68. The van der Waals surface area contributed by atoms with Gasteiger partial charge in [-0.1, -0.05) is 18.2 Å². The number of nitrogens with zero attached hydrogens (tertiary/aromatic N) is 1. The number of rotatable bonds is 6. The van der Waals surface area contributed by atoms with Crippen molar-refractivity contribution in [2.24, 2.45) is 0 Å². The fourth-order valence-corrected chi connectivity index (χ4v) is 2.00. The molecule has 6 heteroatoms. The van der Waals surface area contributed by atoms with Crippen molar-refractivity contribution in [2.75, 3.05) is 18.9 Å². The van der Waals surface area contributed by atoms with Gasteiger partial charge in [-0.15, -0.1) is 0 Å². The van der Waals surface area contributed by atoms with E-state index in [2.05, 4.69) is 5.32 Å². The van der Waals surface area contributed by atoms with E-state index in [0.29, 0.717) is 24.5 Å². The van der Waals surface area contributed by atoms with Crippen molar-refractivity contribution < 1.29 is 19.0 Å². The number of hydrogen-bond acceptors (Lipinski definition) is 3. The number of aliphatic hydroxyl groups is 1. The molecule has 128 valence electrons. The Morgan fingerprint density at radius 2 is 2.00 bits per heavy atom. The maximum Gasteiger partial charge on any atom is 0.321 e. The predicted octanol–water partition coefficient (Wildman–Crippen LogP) is 3.85. The first kappa shape index (κ1) is 17.7. The molecule has 2 N–H and O–H groups in total. The predicted molar refractivity (Wildman–Crippen MR) is 90.9 cm³/mol. The van der Waals surface area contributed by atoms with Gasteiger partial charge in [0.15, 0.2) is 5.75 Å². The Labute approximate surface area is 140 Å². The van der Waals surface area contributed by atoms with Gasteiger partial charge in [0.2, 0.25) is 0 Å². The van der Waals surface area contributed by atoms with Gasteiger partial charge < -0.3 is 20.1 Å². The molecule has 1 unspecified atom stereocenters. The van der Waals surface area contributed by atoms with Gasteiger partial charge >= 0.3 is 6.03 Å². The number of hydrogen-bond donors (Lipinski definition) is 2. The van der Waals surface area contributed by atoms with E-state index in [1.807, 2.05) is 18.2 Å². The highest BCUT2D eigenvalue weighted by molar-refractivity contribution is 5.90. The monoisotopic (exact) mass is 332 g/mol. The summed E-state index contributed by atoms with van der Waals surface area (Å²) < 4.78 is 19.2. The first-order valence-corrected chi connectivity index (χ1v) is 7.68. The van der Waals surface area contributed by atoms with Gasteiger partial charge in [0.05, 0.1) is 11.8 Å². The molecule has 0 bridgehead atoms. The Hall–Kier alpha value is -2.60. The van der Waals surface area contributed by atoms with Crippen molar-refractivity contribution in [3.05, 3.63) is 54.3 Å². The summed E-state index contributed by atoms with van der Waals surface area (Å²) in [5, 5.41) is 11.9. The number of halogens is 1. The number of ether oxygens (including phenoxy) is 1. The third-order valence-electron chi connectivity index (χ3n) is 3.38. The summed E-state index contributed by atoms with van der Waals surface area (Å²) >= 11 is 0. The van der Waals surface area contributed by atoms with E-state index in [-0.39, 0.29) is 5.69 Å². The third-order valence-corrected chi connectivity index (χ3v) is 3.38. The van der Waals surface area contributed by atoms with E-state index in [1.165, 1.54) is 23.1 Å². The van der Waals surface area contributed by atoms with E-state index < -0.39 is 18.0 Å². The lowest BCUT2D eigenvalue weighted by Crippen LogP contribution is -2.33. The summed E-state index contributed by atoms with van der Waals surface area (Å²) in [6, 6.07) is 12.6. The molecule has 0 spiro atoms. The fourth-order valence-electron chi connectivity index (χ4n) is 2.00. The third kappa shape index (κ3) is 5.24. The second-order valence-corrected chi connectivity index (χ2v) is 5.55. The maximum atomic E-state index is 13.5. The van der Waals surface area contributed by atoms with Crippen molar-refractivity contribution in [3.63, 3.8) is 0 Å². The molecule has 2 aromatic carbocycles. The summed E-state index contributed by atoms with van der Waals surface area (Å²) in [5.41, 5.74) is 0.243. The molecular formula is C18H21FN2O3. The normalized spacial score (nSPS) is 11.7. The number of carbonyl (C=O) groups excluding carboxylic acids is 1. The fraction of sp³-hybridized carbons (Fsp3) is 0.278. The van der Waals surface area contributed by atoms with Gasteiger partial charge in [0, 0.05) is 19.7 Å². The molecule has 2 rings (SSSR count). The average Bonchev–Trinajstić information content (AvgIpc) is 2.56. The molecule has 0 saturated carbocycles. The minimum absolute atomic E-state index is 0.243. The number of aliphatic hydroxyl groups excluding tert-OH is 1. The van der Waals surface area contributed by atoms with Crippen LogP contribution in [0.5, 0.6) is 11.5 Å². The zero-order valence-corrected chi connectivity index (χ0v) is 13.7. The smallest absolute Gasteiger partial charge is 0.321 e. The molecule has 24 heavy (non-hydrogen) atoms. The van der Waals surface area contributed by atoms with Crippen LogP contribution in [0.15, 0.2) is 48.5 Å². The van der Waals surface area contributed by atoms with Gasteiger partial charge in [0.25, 0.3) is 0 Å². The number of amides is 2. The summed E-state index contributed by atoms with van der Waals surface area (Å²) in [6.07, 6.45) is -0.0353. The Bertz CT molecular complexity index is 677. The first-order chi connectivity index (χ1) is 11.5. The lowest BCUT2D eigenvalue weighted by Gasteiger charge is -2.20. The van der Waals surface area contributed by atoms with Crippen LogP contribution in [-0.2, 0) is 0 Å². The molecule has 1 atom stereocenters. The Morgan fingerprint density at radius 3 is 2.67 bits per heavy atom. The summed E-state index contributed by atoms with van der Waals surface area (Å²) in [4.78, 5) is 13.6. The van der Waals surface area contributed by atoms with E-state index >= 15 is 0 Å². The second kappa shape index (κ2) is 8.31. The highest BCUT2D eigenvalue weighted by Gasteiger charge is 2.14. The number of nitrogens with one attached hydrogen (secondary N) is 1. The van der Waals surface area contributed by atoms with Crippen LogP contribution in [0.2, 0.25) is 0 Å². The molecule has 0 aliphatic rings. The van der Waals surface area contributed by atoms with Crippen LogP contribution in [0.4, 0.5) is 14.9 Å². The van der Waals surface area contributed by atoms with Crippen LogP contribution < -0.4 is 10.1 Å². The van der Waals surface area contributed by atoms with Crippen molar-refractivity contribution in [1.29, 1.82) is 0 Å². The van der Waals surface area contributed by atoms with Crippen molar-refractivity contribution in [3.8, 4) is 11.5 Å². The molecule has 2 aromatic rings. The number of para-hydroxylation sites is 1. The van der Waals surface area contributed by atoms with Crippen LogP contribution in [0.1, 0.15) is 13.3 Å². The van der Waals surface area contributed by atoms with Crippen LogP contribution in [-0.4, -0.2) is 35.7 Å². The quantitative estimate of drug-likeness (QED) is 0.844. The summed E-state index contributed by atoms with van der Waals surface area (Å²) in [7, 11) is 1.61. The van der Waals surface area contributed by atoms with Gasteiger partial charge in [-0.3, -0.25) is 0 Å². The SMILES string of the molecule is CC(O)CCN(C)C(=O)Nc1cc(F)ccc1Oc1ccccc1. The molecule has 0 saturated heterocycles. The van der Waals surface area contributed by atoms with Crippen molar-refractivity contribution >= 4 is 11.7 Å². The average molecular weight is 332 g/mol. The lowest BCUT2D eigenvalue weighted by atomic mass is 10.2. The van der Waals surface area contributed by atoms with Gasteiger partial charge in [-0.05, 0) is 37.6 Å². The van der Waals surface area contributed by atoms with E-state index in [0.717, 1.165) is 0 Å². The zero-order valence-electron chi connectivity index (χ0n) is 13.7. The molecule has 0 aromatic heterocycles. The minimum Gasteiger partial charge on any atom is -0.455 e. The number of anilines is 1. The molecule has 5 nitrogen and oxygen atoms in total. The highest BCUT2D eigenvalue weighted by Crippen LogP contribution is 2.30.